The van der Waals surface area contributed by atoms with Crippen LogP contribution in [0.25, 0.3) is 16.8 Å². The number of nitrogens with zero attached hydrogens (tertiary/aromatic N) is 3. The van der Waals surface area contributed by atoms with E-state index >= 15 is 0 Å². The van der Waals surface area contributed by atoms with Crippen LogP contribution in [-0.4, -0.2) is 41.1 Å². The maximum atomic E-state index is 14.0. The summed E-state index contributed by atoms with van der Waals surface area (Å²) in [6.45, 7) is 3.96. The van der Waals surface area contributed by atoms with Crippen LogP contribution in [0.1, 0.15) is 59.8 Å². The first-order valence-corrected chi connectivity index (χ1v) is 14.0. The SMILES string of the molecule is CCCCc1nc(C)n(-c2cccc(C(O)NC)c2)c(=O)c1Cc1ccc(-c2ccccc2/C(=N/OC)NC=O)cc1. The maximum Gasteiger partial charge on any atom is 0.261 e. The number of hydrogen-bond donors (Lipinski definition) is 3. The highest BCUT2D eigenvalue weighted by atomic mass is 16.6. The quantitative estimate of drug-likeness (QED) is 0.0768. The lowest BCUT2D eigenvalue weighted by Crippen LogP contribution is -2.28. The van der Waals surface area contributed by atoms with Crippen molar-refractivity contribution in [2.45, 2.75) is 45.8 Å². The Bertz CT molecular complexity index is 1610. The number of aromatic nitrogens is 2. The number of amidine groups is 1. The number of hydrogen-bond acceptors (Lipinski definition) is 7. The van der Waals surface area contributed by atoms with Crippen molar-refractivity contribution in [1.82, 2.24) is 20.2 Å². The highest BCUT2D eigenvalue weighted by Crippen LogP contribution is 2.26. The van der Waals surface area contributed by atoms with Crippen LogP contribution in [0.2, 0.25) is 0 Å². The van der Waals surface area contributed by atoms with Crippen molar-refractivity contribution >= 4 is 12.2 Å². The summed E-state index contributed by atoms with van der Waals surface area (Å²) in [5, 5.41) is 19.7. The number of unbranched alkanes of at least 4 members (excludes halogenated alkanes) is 1. The van der Waals surface area contributed by atoms with Crippen LogP contribution < -0.4 is 16.2 Å². The average Bonchev–Trinajstić information content (AvgIpc) is 3.01. The van der Waals surface area contributed by atoms with Crippen molar-refractivity contribution in [2.24, 2.45) is 5.16 Å². The number of amides is 1. The Morgan fingerprint density at radius 3 is 2.57 bits per heavy atom. The molecule has 1 atom stereocenters. The molecule has 0 spiro atoms. The van der Waals surface area contributed by atoms with Gasteiger partial charge in [-0.05, 0) is 61.2 Å². The van der Waals surface area contributed by atoms with Gasteiger partial charge in [0.1, 0.15) is 19.2 Å². The molecule has 0 saturated carbocycles. The minimum atomic E-state index is -0.841. The number of aliphatic hydroxyl groups excluding tert-OH is 1. The van der Waals surface area contributed by atoms with Gasteiger partial charge in [-0.15, -0.1) is 0 Å². The lowest BCUT2D eigenvalue weighted by Gasteiger charge is -2.17. The van der Waals surface area contributed by atoms with Gasteiger partial charge in [0.2, 0.25) is 6.41 Å². The number of aryl methyl sites for hydroxylation is 2. The number of carbonyl (C=O) groups is 1. The molecule has 4 aromatic rings. The second kappa shape index (κ2) is 14.3. The molecule has 9 nitrogen and oxygen atoms in total. The Balaban J connectivity index is 1.74. The van der Waals surface area contributed by atoms with Crippen LogP contribution in [0, 0.1) is 6.92 Å². The van der Waals surface area contributed by atoms with E-state index in [4.69, 9.17) is 9.82 Å². The number of carbonyl (C=O) groups excluding carboxylic acids is 1. The van der Waals surface area contributed by atoms with E-state index in [2.05, 4.69) is 22.7 Å². The molecule has 0 saturated heterocycles. The Morgan fingerprint density at radius 2 is 1.88 bits per heavy atom. The summed E-state index contributed by atoms with van der Waals surface area (Å²) in [4.78, 5) is 35.0. The minimum Gasteiger partial charge on any atom is -0.397 e. The molecule has 0 aliphatic carbocycles. The van der Waals surface area contributed by atoms with Gasteiger partial charge in [0.05, 0.1) is 11.4 Å². The molecule has 0 radical (unpaired) electrons. The monoisotopic (exact) mass is 567 g/mol. The van der Waals surface area contributed by atoms with E-state index in [9.17, 15) is 14.7 Å². The number of benzene rings is 3. The highest BCUT2D eigenvalue weighted by molar-refractivity contribution is 6.08. The van der Waals surface area contributed by atoms with Gasteiger partial charge in [-0.3, -0.25) is 19.5 Å². The molecule has 4 rings (SSSR count). The van der Waals surface area contributed by atoms with Crippen LogP contribution >= 0.6 is 0 Å². The fourth-order valence-electron chi connectivity index (χ4n) is 5.00. The van der Waals surface area contributed by atoms with E-state index in [1.165, 1.54) is 7.11 Å². The molecular formula is C33H37N5O4. The van der Waals surface area contributed by atoms with Crippen molar-refractivity contribution in [2.75, 3.05) is 14.2 Å². The second-order valence-electron chi connectivity index (χ2n) is 9.92. The van der Waals surface area contributed by atoms with E-state index in [0.717, 1.165) is 47.2 Å². The lowest BCUT2D eigenvalue weighted by molar-refractivity contribution is -0.108. The maximum absolute atomic E-state index is 14.0. The number of rotatable bonds is 12. The molecule has 1 unspecified atom stereocenters. The van der Waals surface area contributed by atoms with Crippen molar-refractivity contribution in [3.8, 4) is 16.8 Å². The Kier molecular flexibility index (Phi) is 10.4. The topological polar surface area (TPSA) is 118 Å². The summed E-state index contributed by atoms with van der Waals surface area (Å²) >= 11 is 0. The molecule has 42 heavy (non-hydrogen) atoms. The Hall–Kier alpha value is -4.60. The zero-order chi connectivity index (χ0) is 30.1. The van der Waals surface area contributed by atoms with Gasteiger partial charge in [-0.1, -0.05) is 79.2 Å². The molecule has 3 N–H and O–H groups in total. The van der Waals surface area contributed by atoms with E-state index in [1.807, 2.05) is 73.7 Å². The molecule has 9 heteroatoms. The van der Waals surface area contributed by atoms with E-state index < -0.39 is 6.23 Å². The molecule has 0 aliphatic rings. The van der Waals surface area contributed by atoms with Crippen molar-refractivity contribution in [1.29, 1.82) is 0 Å². The highest BCUT2D eigenvalue weighted by Gasteiger charge is 2.18. The van der Waals surface area contributed by atoms with Crippen molar-refractivity contribution < 1.29 is 14.7 Å². The van der Waals surface area contributed by atoms with E-state index in [1.54, 1.807) is 17.7 Å². The van der Waals surface area contributed by atoms with Crippen molar-refractivity contribution in [3.05, 3.63) is 117 Å². The van der Waals surface area contributed by atoms with Gasteiger partial charge < -0.3 is 15.3 Å². The lowest BCUT2D eigenvalue weighted by atomic mass is 9.96. The van der Waals surface area contributed by atoms with Crippen molar-refractivity contribution in [3.63, 3.8) is 0 Å². The van der Waals surface area contributed by atoms with Crippen LogP contribution in [0.4, 0.5) is 0 Å². The van der Waals surface area contributed by atoms with Gasteiger partial charge in [0.25, 0.3) is 5.56 Å². The molecule has 0 aliphatic heterocycles. The first kappa shape index (κ1) is 30.4. The van der Waals surface area contributed by atoms with Gasteiger partial charge >= 0.3 is 0 Å². The predicted molar refractivity (Wildman–Crippen MR) is 165 cm³/mol. The third-order valence-electron chi connectivity index (χ3n) is 7.12. The van der Waals surface area contributed by atoms with Gasteiger partial charge in [0.15, 0.2) is 5.84 Å². The Morgan fingerprint density at radius 1 is 1.12 bits per heavy atom. The summed E-state index contributed by atoms with van der Waals surface area (Å²) in [7, 11) is 3.10. The molecule has 1 heterocycles. The third kappa shape index (κ3) is 6.82. The van der Waals surface area contributed by atoms with Crippen LogP contribution in [-0.2, 0) is 22.5 Å². The number of nitrogens with one attached hydrogen (secondary N) is 2. The smallest absolute Gasteiger partial charge is 0.261 e. The largest absolute Gasteiger partial charge is 0.397 e. The van der Waals surface area contributed by atoms with E-state index in [-0.39, 0.29) is 5.56 Å². The Labute approximate surface area is 245 Å². The van der Waals surface area contributed by atoms with E-state index in [0.29, 0.717) is 41.3 Å². The molecule has 1 aromatic heterocycles. The van der Waals surface area contributed by atoms with Gasteiger partial charge in [0, 0.05) is 17.5 Å². The number of oxime groups is 1. The molecule has 3 aromatic carbocycles. The molecule has 0 bridgehead atoms. The summed E-state index contributed by atoms with van der Waals surface area (Å²) in [5.74, 6) is 0.917. The summed E-state index contributed by atoms with van der Waals surface area (Å²) < 4.78 is 1.62. The molecule has 1 amide bonds. The molecule has 218 valence electrons. The number of aliphatic hydroxyl groups is 1. The zero-order valence-corrected chi connectivity index (χ0v) is 24.4. The minimum absolute atomic E-state index is 0.112. The molecule has 0 fully saturated rings. The predicted octanol–water partition coefficient (Wildman–Crippen LogP) is 4.41. The van der Waals surface area contributed by atoms with Crippen LogP contribution in [0.3, 0.4) is 0 Å². The van der Waals surface area contributed by atoms with Crippen LogP contribution in [0.15, 0.2) is 82.7 Å². The average molecular weight is 568 g/mol. The zero-order valence-electron chi connectivity index (χ0n) is 24.4. The first-order chi connectivity index (χ1) is 20.4. The fourth-order valence-corrected chi connectivity index (χ4v) is 5.00. The summed E-state index contributed by atoms with van der Waals surface area (Å²) in [5.41, 5.74) is 6.18. The van der Waals surface area contributed by atoms with Crippen LogP contribution in [0.5, 0.6) is 0 Å². The third-order valence-corrected chi connectivity index (χ3v) is 7.12. The van der Waals surface area contributed by atoms with Gasteiger partial charge in [-0.2, -0.15) is 0 Å². The normalized spacial score (nSPS) is 12.2. The second-order valence-corrected chi connectivity index (χ2v) is 9.92. The summed E-state index contributed by atoms with van der Waals surface area (Å²) in [6, 6.07) is 22.9. The molecular weight excluding hydrogens is 530 g/mol. The standard InChI is InChI=1S/C33H37N5O4/c1-5-6-14-30-29(33(41)38(22(2)36-30)26-11-9-10-25(20-26)32(40)34-3)19-23-15-17-24(18-16-23)27-12-7-8-13-28(27)31(35-21-39)37-42-4/h7-13,15-18,20-21,32,34,40H,5-6,14,19H2,1-4H3,(H,35,37,39). The summed E-state index contributed by atoms with van der Waals surface area (Å²) in [6.07, 6.45) is 2.80. The fraction of sp³-hybridized carbons (Fsp3) is 0.273. The van der Waals surface area contributed by atoms with Gasteiger partial charge in [-0.25, -0.2) is 4.98 Å². The first-order valence-electron chi connectivity index (χ1n) is 14.0.